The zero-order valence-corrected chi connectivity index (χ0v) is 14.4. The molecular formula is C16H21ClN2O3S. The van der Waals surface area contributed by atoms with E-state index in [-0.39, 0.29) is 17.3 Å². The van der Waals surface area contributed by atoms with Crippen LogP contribution in [0.3, 0.4) is 0 Å². The van der Waals surface area contributed by atoms with Gasteiger partial charge in [0, 0.05) is 18.1 Å². The number of rotatable bonds is 5. The van der Waals surface area contributed by atoms with Crippen LogP contribution >= 0.6 is 11.6 Å². The number of primary amides is 1. The van der Waals surface area contributed by atoms with Gasteiger partial charge in [-0.1, -0.05) is 30.5 Å². The lowest BCUT2D eigenvalue weighted by Crippen LogP contribution is -2.52. The molecule has 1 saturated heterocycles. The molecule has 0 bridgehead atoms. The van der Waals surface area contributed by atoms with Crippen molar-refractivity contribution in [1.29, 1.82) is 0 Å². The third kappa shape index (κ3) is 3.39. The smallest absolute Gasteiger partial charge is 0.243 e. The van der Waals surface area contributed by atoms with Gasteiger partial charge in [-0.05, 0) is 43.4 Å². The Morgan fingerprint density at radius 1 is 1.39 bits per heavy atom. The molecule has 2 N–H and O–H groups in total. The highest BCUT2D eigenvalue weighted by Gasteiger charge is 2.47. The number of sulfonamides is 1. The molecule has 1 heterocycles. The Hall–Kier alpha value is -1.11. The molecule has 1 aliphatic carbocycles. The molecule has 0 aromatic heterocycles. The normalized spacial score (nSPS) is 26.1. The molecule has 3 rings (SSSR count). The fraction of sp³-hybridized carbons (Fsp3) is 0.562. The van der Waals surface area contributed by atoms with Crippen LogP contribution in [0.15, 0.2) is 29.2 Å². The van der Waals surface area contributed by atoms with Crippen molar-refractivity contribution in [2.45, 2.75) is 37.0 Å². The summed E-state index contributed by atoms with van der Waals surface area (Å²) in [5.74, 6) is 0.131. The van der Waals surface area contributed by atoms with Gasteiger partial charge in [0.25, 0.3) is 0 Å². The number of piperidine rings is 1. The minimum Gasteiger partial charge on any atom is -0.369 e. The number of amides is 1. The Balaban J connectivity index is 1.88. The molecule has 1 saturated carbocycles. The number of carbonyl (C=O) groups excluding carboxylic acids is 1. The second-order valence-electron chi connectivity index (χ2n) is 6.69. The standard InChI is InChI=1S/C16H21ClN2O3S/c17-13-3-1-4-14(9-13)23(21,22)19-8-2-7-16(11-19,15(18)20)10-12-5-6-12/h1,3-4,9,12H,2,5-8,10-11H2,(H2,18,20). The summed E-state index contributed by atoms with van der Waals surface area (Å²) in [4.78, 5) is 12.2. The van der Waals surface area contributed by atoms with Crippen LogP contribution in [0, 0.1) is 11.3 Å². The summed E-state index contributed by atoms with van der Waals surface area (Å²) in [6, 6.07) is 6.23. The van der Waals surface area contributed by atoms with Gasteiger partial charge in [0.2, 0.25) is 15.9 Å². The van der Waals surface area contributed by atoms with Gasteiger partial charge in [-0.2, -0.15) is 4.31 Å². The molecule has 1 amide bonds. The zero-order valence-electron chi connectivity index (χ0n) is 12.9. The number of nitrogens with zero attached hydrogens (tertiary/aromatic N) is 1. The van der Waals surface area contributed by atoms with E-state index in [0.29, 0.717) is 36.7 Å². The van der Waals surface area contributed by atoms with Crippen molar-refractivity contribution in [3.8, 4) is 0 Å². The maximum absolute atomic E-state index is 12.9. The summed E-state index contributed by atoms with van der Waals surface area (Å²) in [5.41, 5.74) is 4.93. The summed E-state index contributed by atoms with van der Waals surface area (Å²) in [6.45, 7) is 0.586. The first kappa shape index (κ1) is 16.7. The van der Waals surface area contributed by atoms with Crippen molar-refractivity contribution in [3.05, 3.63) is 29.3 Å². The molecule has 1 atom stereocenters. The van der Waals surface area contributed by atoms with E-state index in [1.165, 1.54) is 16.4 Å². The Morgan fingerprint density at radius 3 is 2.74 bits per heavy atom. The van der Waals surface area contributed by atoms with Gasteiger partial charge in [-0.25, -0.2) is 8.42 Å². The van der Waals surface area contributed by atoms with Gasteiger partial charge in [0.15, 0.2) is 0 Å². The number of hydrogen-bond acceptors (Lipinski definition) is 3. The highest BCUT2D eigenvalue weighted by Crippen LogP contribution is 2.45. The highest BCUT2D eigenvalue weighted by atomic mass is 35.5. The van der Waals surface area contributed by atoms with Crippen LogP contribution in [0.4, 0.5) is 0 Å². The van der Waals surface area contributed by atoms with Crippen LogP contribution < -0.4 is 5.73 Å². The molecule has 1 aliphatic heterocycles. The maximum Gasteiger partial charge on any atom is 0.243 e. The number of benzene rings is 1. The topological polar surface area (TPSA) is 80.5 Å². The lowest BCUT2D eigenvalue weighted by molar-refractivity contribution is -0.130. The summed E-state index contributed by atoms with van der Waals surface area (Å²) in [6.07, 6.45) is 4.23. The van der Waals surface area contributed by atoms with E-state index >= 15 is 0 Å². The lowest BCUT2D eigenvalue weighted by atomic mass is 9.75. The van der Waals surface area contributed by atoms with Crippen LogP contribution in [0.25, 0.3) is 0 Å². The fourth-order valence-corrected chi connectivity index (χ4v) is 5.28. The van der Waals surface area contributed by atoms with Gasteiger partial charge in [-0.15, -0.1) is 0 Å². The van der Waals surface area contributed by atoms with E-state index in [1.807, 2.05) is 0 Å². The highest BCUT2D eigenvalue weighted by molar-refractivity contribution is 7.89. The molecule has 126 valence electrons. The first-order valence-electron chi connectivity index (χ1n) is 7.89. The van der Waals surface area contributed by atoms with Crippen molar-refractivity contribution >= 4 is 27.5 Å². The average Bonchev–Trinajstić information content (AvgIpc) is 3.31. The number of hydrogen-bond donors (Lipinski definition) is 1. The van der Waals surface area contributed by atoms with E-state index < -0.39 is 15.4 Å². The van der Waals surface area contributed by atoms with Crippen LogP contribution in [0.5, 0.6) is 0 Å². The summed E-state index contributed by atoms with van der Waals surface area (Å²) < 4.78 is 27.1. The average molecular weight is 357 g/mol. The van der Waals surface area contributed by atoms with Crippen molar-refractivity contribution < 1.29 is 13.2 Å². The zero-order chi connectivity index (χ0) is 16.7. The minimum absolute atomic E-state index is 0.164. The van der Waals surface area contributed by atoms with Gasteiger partial charge < -0.3 is 5.73 Å². The Labute approximate surface area is 141 Å². The quantitative estimate of drug-likeness (QED) is 0.879. The molecule has 23 heavy (non-hydrogen) atoms. The predicted molar refractivity (Wildman–Crippen MR) is 88.4 cm³/mol. The minimum atomic E-state index is -3.66. The van der Waals surface area contributed by atoms with E-state index in [1.54, 1.807) is 12.1 Å². The SMILES string of the molecule is NC(=O)C1(CC2CC2)CCCN(S(=O)(=O)c2cccc(Cl)c2)C1. The monoisotopic (exact) mass is 356 g/mol. The predicted octanol–water partition coefficient (Wildman–Crippen LogP) is 2.40. The van der Waals surface area contributed by atoms with Crippen LogP contribution in [0.1, 0.15) is 32.1 Å². The number of halogens is 1. The molecule has 0 radical (unpaired) electrons. The van der Waals surface area contributed by atoms with Gasteiger partial charge >= 0.3 is 0 Å². The molecule has 2 fully saturated rings. The molecule has 0 spiro atoms. The summed E-state index contributed by atoms with van der Waals surface area (Å²) in [7, 11) is -3.66. The van der Waals surface area contributed by atoms with Crippen LogP contribution in [0.2, 0.25) is 5.02 Å². The lowest BCUT2D eigenvalue weighted by Gasteiger charge is -2.40. The second-order valence-corrected chi connectivity index (χ2v) is 9.07. The Bertz CT molecular complexity index is 718. The summed E-state index contributed by atoms with van der Waals surface area (Å²) in [5, 5.41) is 0.377. The van der Waals surface area contributed by atoms with E-state index in [9.17, 15) is 13.2 Å². The van der Waals surface area contributed by atoms with Gasteiger partial charge in [0.1, 0.15) is 0 Å². The Morgan fingerprint density at radius 2 is 2.13 bits per heavy atom. The Kier molecular flexibility index (Phi) is 4.42. The molecule has 5 nitrogen and oxygen atoms in total. The second kappa shape index (κ2) is 6.07. The van der Waals surface area contributed by atoms with Crippen molar-refractivity contribution in [2.75, 3.05) is 13.1 Å². The van der Waals surface area contributed by atoms with E-state index in [0.717, 1.165) is 12.8 Å². The van der Waals surface area contributed by atoms with Crippen LogP contribution in [-0.2, 0) is 14.8 Å². The molecular weight excluding hydrogens is 336 g/mol. The number of nitrogens with two attached hydrogens (primary N) is 1. The first-order chi connectivity index (χ1) is 10.8. The van der Waals surface area contributed by atoms with Crippen LogP contribution in [-0.4, -0.2) is 31.7 Å². The molecule has 1 aromatic carbocycles. The van der Waals surface area contributed by atoms with E-state index in [4.69, 9.17) is 17.3 Å². The third-order valence-corrected chi connectivity index (χ3v) is 6.95. The van der Waals surface area contributed by atoms with Crippen molar-refractivity contribution in [2.24, 2.45) is 17.1 Å². The molecule has 2 aliphatic rings. The number of carbonyl (C=O) groups is 1. The van der Waals surface area contributed by atoms with E-state index in [2.05, 4.69) is 0 Å². The van der Waals surface area contributed by atoms with Crippen molar-refractivity contribution in [3.63, 3.8) is 0 Å². The first-order valence-corrected chi connectivity index (χ1v) is 9.71. The molecule has 7 heteroatoms. The fourth-order valence-electron chi connectivity index (χ4n) is 3.41. The van der Waals surface area contributed by atoms with Crippen molar-refractivity contribution in [1.82, 2.24) is 4.31 Å². The van der Waals surface area contributed by atoms with Gasteiger partial charge in [-0.3, -0.25) is 4.79 Å². The van der Waals surface area contributed by atoms with Gasteiger partial charge in [0.05, 0.1) is 10.3 Å². The third-order valence-electron chi connectivity index (χ3n) is 4.87. The largest absolute Gasteiger partial charge is 0.369 e. The summed E-state index contributed by atoms with van der Waals surface area (Å²) >= 11 is 5.92. The maximum atomic E-state index is 12.9. The molecule has 1 aromatic rings. The molecule has 1 unspecified atom stereocenters.